The maximum Gasteiger partial charge on any atom is 0.369 e. The fourth-order valence-corrected chi connectivity index (χ4v) is 0.439. The second-order valence-electron chi connectivity index (χ2n) is 1.94. The van der Waals surface area contributed by atoms with Crippen LogP contribution in [0.1, 0.15) is 13.8 Å². The van der Waals surface area contributed by atoms with Crippen molar-refractivity contribution >= 4 is 11.6 Å². The third-order valence-electron chi connectivity index (χ3n) is 0.564. The lowest BCUT2D eigenvalue weighted by atomic mass is 10.5. The molecule has 1 nitrogen and oxygen atoms in total. The highest BCUT2D eigenvalue weighted by molar-refractivity contribution is 6.18. The van der Waals surface area contributed by atoms with Crippen molar-refractivity contribution in [3.8, 4) is 0 Å². The number of rotatable bonds is 3. The molecule has 56 valence electrons. The Morgan fingerprint density at radius 2 is 2.00 bits per heavy atom. The second-order valence-corrected chi connectivity index (χ2v) is 2.20. The Kier molecular flexibility index (Phi) is 3.36. The average molecular weight is 159 g/mol. The van der Waals surface area contributed by atoms with Gasteiger partial charge in [-0.25, -0.2) is 0 Å². The minimum absolute atomic E-state index is 0.487. The third kappa shape index (κ3) is 4.60. The molecule has 0 amide bonds. The number of ether oxygens (including phenoxy) is 1. The molecule has 0 aliphatic carbocycles. The molecule has 0 spiro atoms. The summed E-state index contributed by atoms with van der Waals surface area (Å²) in [6.45, 7) is 3.06. The van der Waals surface area contributed by atoms with Crippen LogP contribution in [0.5, 0.6) is 0 Å². The molecule has 0 fully saturated rings. The first-order valence-corrected chi connectivity index (χ1v) is 3.13. The van der Waals surface area contributed by atoms with Crippen LogP contribution in [-0.4, -0.2) is 18.1 Å². The highest BCUT2D eigenvalue weighted by atomic mass is 35.5. The molecule has 0 atom stereocenters. The van der Waals surface area contributed by atoms with Gasteiger partial charge in [-0.15, -0.1) is 11.6 Å². The van der Waals surface area contributed by atoms with Crippen LogP contribution in [-0.2, 0) is 4.74 Å². The van der Waals surface area contributed by atoms with E-state index in [-0.39, 0.29) is 0 Å². The lowest BCUT2D eigenvalue weighted by Gasteiger charge is -2.15. The van der Waals surface area contributed by atoms with E-state index in [9.17, 15) is 8.78 Å². The summed E-state index contributed by atoms with van der Waals surface area (Å²) >= 11 is 4.86. The van der Waals surface area contributed by atoms with Gasteiger partial charge in [0.1, 0.15) is 5.88 Å². The van der Waals surface area contributed by atoms with E-state index in [1.807, 2.05) is 0 Å². The summed E-state index contributed by atoms with van der Waals surface area (Å²) < 4.78 is 28.2. The molecule has 0 bridgehead atoms. The van der Waals surface area contributed by atoms with Gasteiger partial charge in [0.2, 0.25) is 0 Å². The van der Waals surface area contributed by atoms with Crippen LogP contribution in [0.3, 0.4) is 0 Å². The zero-order valence-electron chi connectivity index (χ0n) is 5.33. The maximum absolute atomic E-state index is 12.0. The van der Waals surface area contributed by atoms with Gasteiger partial charge in [-0.2, -0.15) is 8.78 Å². The van der Waals surface area contributed by atoms with Crippen LogP contribution in [0.15, 0.2) is 0 Å². The Morgan fingerprint density at radius 1 is 1.56 bits per heavy atom. The van der Waals surface area contributed by atoms with E-state index in [1.165, 1.54) is 13.8 Å². The molecule has 0 aromatic rings. The van der Waals surface area contributed by atoms with Gasteiger partial charge in [-0.1, -0.05) is 0 Å². The van der Waals surface area contributed by atoms with Gasteiger partial charge in [0, 0.05) is 0 Å². The van der Waals surface area contributed by atoms with Gasteiger partial charge in [0.15, 0.2) is 0 Å². The van der Waals surface area contributed by atoms with E-state index in [4.69, 9.17) is 11.6 Å². The van der Waals surface area contributed by atoms with Gasteiger partial charge in [-0.3, -0.25) is 0 Å². The van der Waals surface area contributed by atoms with Crippen LogP contribution < -0.4 is 0 Å². The monoisotopic (exact) mass is 158 g/mol. The second kappa shape index (κ2) is 3.32. The normalized spacial score (nSPS) is 12.7. The van der Waals surface area contributed by atoms with Gasteiger partial charge >= 0.3 is 6.11 Å². The quantitative estimate of drug-likeness (QED) is 0.573. The fourth-order valence-electron chi connectivity index (χ4n) is 0.376. The van der Waals surface area contributed by atoms with Crippen molar-refractivity contribution in [1.29, 1.82) is 0 Å². The molecule has 9 heavy (non-hydrogen) atoms. The molecule has 4 heteroatoms. The van der Waals surface area contributed by atoms with Crippen molar-refractivity contribution in [2.45, 2.75) is 26.1 Å². The Balaban J connectivity index is 3.58. The van der Waals surface area contributed by atoms with Crippen molar-refractivity contribution in [3.63, 3.8) is 0 Å². The molecule has 0 aliphatic rings. The van der Waals surface area contributed by atoms with Crippen molar-refractivity contribution in [2.24, 2.45) is 0 Å². The molecule has 0 aliphatic heterocycles. The van der Waals surface area contributed by atoms with Crippen LogP contribution in [0.2, 0.25) is 0 Å². The molecular weight excluding hydrogens is 150 g/mol. The summed E-state index contributed by atoms with van der Waals surface area (Å²) in [6, 6.07) is 0. The smallest absolute Gasteiger partial charge is 0.317 e. The number of alkyl halides is 3. The first-order chi connectivity index (χ1) is 3.98. The minimum Gasteiger partial charge on any atom is -0.317 e. The maximum atomic E-state index is 12.0. The first-order valence-electron chi connectivity index (χ1n) is 2.59. The molecule has 0 N–H and O–H groups in total. The number of halogens is 3. The number of hydrogen-bond acceptors (Lipinski definition) is 1. The molecule has 0 unspecified atom stereocenters. The predicted molar refractivity (Wildman–Crippen MR) is 31.9 cm³/mol. The van der Waals surface area contributed by atoms with E-state index in [1.54, 1.807) is 0 Å². The highest BCUT2D eigenvalue weighted by Gasteiger charge is 2.29. The van der Waals surface area contributed by atoms with Crippen molar-refractivity contribution in [3.05, 3.63) is 0 Å². The van der Waals surface area contributed by atoms with Gasteiger partial charge in [-0.05, 0) is 13.8 Å². The highest BCUT2D eigenvalue weighted by Crippen LogP contribution is 2.18. The summed E-state index contributed by atoms with van der Waals surface area (Å²) in [4.78, 5) is 0. The largest absolute Gasteiger partial charge is 0.369 e. The average Bonchev–Trinajstić information content (AvgIpc) is 1.63. The van der Waals surface area contributed by atoms with Crippen LogP contribution >= 0.6 is 11.6 Å². The zero-order chi connectivity index (χ0) is 7.49. The molecule has 0 radical (unpaired) electrons. The molecular formula is C5H9ClF2O. The summed E-state index contributed by atoms with van der Waals surface area (Å²) in [5.74, 6) is -0.787. The van der Waals surface area contributed by atoms with E-state index < -0.39 is 18.1 Å². The Bertz CT molecular complexity index is 85.0. The summed E-state index contributed by atoms with van der Waals surface area (Å²) in [5, 5.41) is 0. The summed E-state index contributed by atoms with van der Waals surface area (Å²) in [7, 11) is 0. The van der Waals surface area contributed by atoms with Gasteiger partial charge in [0.05, 0.1) is 6.10 Å². The van der Waals surface area contributed by atoms with Crippen molar-refractivity contribution in [2.75, 3.05) is 5.88 Å². The summed E-state index contributed by atoms with van der Waals surface area (Å²) in [5.41, 5.74) is 0. The Morgan fingerprint density at radius 3 is 2.11 bits per heavy atom. The van der Waals surface area contributed by atoms with Crippen molar-refractivity contribution < 1.29 is 13.5 Å². The van der Waals surface area contributed by atoms with Crippen LogP contribution in [0.4, 0.5) is 8.78 Å². The standard InChI is InChI=1S/C5H9ClF2O/c1-4(2)9-5(7,8)3-6/h4H,3H2,1-2H3. The van der Waals surface area contributed by atoms with E-state index in [0.717, 1.165) is 0 Å². The Hall–Kier alpha value is 0.110. The van der Waals surface area contributed by atoms with Crippen LogP contribution in [0.25, 0.3) is 0 Å². The zero-order valence-corrected chi connectivity index (χ0v) is 6.08. The fraction of sp³-hybridized carbons (Fsp3) is 1.00. The first kappa shape index (κ1) is 9.11. The topological polar surface area (TPSA) is 9.23 Å². The molecule has 0 saturated carbocycles. The lowest BCUT2D eigenvalue weighted by Crippen LogP contribution is -2.26. The van der Waals surface area contributed by atoms with Gasteiger partial charge in [0.25, 0.3) is 0 Å². The van der Waals surface area contributed by atoms with Crippen molar-refractivity contribution in [1.82, 2.24) is 0 Å². The SMILES string of the molecule is CC(C)OC(F)(F)CCl. The molecule has 0 saturated heterocycles. The van der Waals surface area contributed by atoms with Crippen LogP contribution in [0, 0.1) is 0 Å². The lowest BCUT2D eigenvalue weighted by molar-refractivity contribution is -0.239. The molecule has 0 aromatic heterocycles. The van der Waals surface area contributed by atoms with E-state index in [0.29, 0.717) is 0 Å². The Labute approximate surface area is 57.9 Å². The predicted octanol–water partition coefficient (Wildman–Crippen LogP) is 2.24. The number of hydrogen-bond donors (Lipinski definition) is 0. The minimum atomic E-state index is -3.17. The molecule has 0 heterocycles. The van der Waals surface area contributed by atoms with E-state index in [2.05, 4.69) is 4.74 Å². The van der Waals surface area contributed by atoms with Gasteiger partial charge < -0.3 is 4.74 Å². The molecule has 0 rings (SSSR count). The third-order valence-corrected chi connectivity index (χ3v) is 0.875. The summed E-state index contributed by atoms with van der Waals surface area (Å²) in [6.07, 6.45) is -3.66. The molecule has 0 aromatic carbocycles. The van der Waals surface area contributed by atoms with E-state index >= 15 is 0 Å².